The van der Waals surface area contributed by atoms with Crippen LogP contribution in [0.5, 0.6) is 0 Å². The van der Waals surface area contributed by atoms with Gasteiger partial charge in [-0.1, -0.05) is 0 Å². The maximum Gasteiger partial charge on any atom is 0.0937 e. The molecule has 0 aromatic heterocycles. The molecule has 1 aliphatic heterocycles. The Bertz CT molecular complexity index is 114. The van der Waals surface area contributed by atoms with Crippen LogP contribution in [0.25, 0.3) is 0 Å². The first-order valence-electron chi connectivity index (χ1n) is 3.63. The van der Waals surface area contributed by atoms with Gasteiger partial charge in [-0.2, -0.15) is 0 Å². The Morgan fingerprint density at radius 3 is 2.80 bits per heavy atom. The number of hydrogen-bond acceptors (Lipinski definition) is 3. The summed E-state index contributed by atoms with van der Waals surface area (Å²) in [5.41, 5.74) is -0.119. The lowest BCUT2D eigenvalue weighted by Gasteiger charge is -2.35. The fourth-order valence-corrected chi connectivity index (χ4v) is 1.17. The Labute approximate surface area is 61.4 Å². The molecular formula is C7H15NO2. The summed E-state index contributed by atoms with van der Waals surface area (Å²) in [4.78, 5) is 0. The number of morpholine rings is 1. The number of aliphatic hydroxyl groups is 1. The van der Waals surface area contributed by atoms with Crippen molar-refractivity contribution in [1.82, 2.24) is 5.32 Å². The van der Waals surface area contributed by atoms with E-state index in [0.717, 1.165) is 13.1 Å². The average molecular weight is 145 g/mol. The minimum absolute atomic E-state index is 0.0243. The van der Waals surface area contributed by atoms with Gasteiger partial charge in [0.25, 0.3) is 0 Å². The van der Waals surface area contributed by atoms with Gasteiger partial charge in [0.05, 0.1) is 18.3 Å². The first-order chi connectivity index (χ1) is 4.64. The van der Waals surface area contributed by atoms with Gasteiger partial charge in [-0.05, 0) is 13.8 Å². The van der Waals surface area contributed by atoms with Crippen molar-refractivity contribution in [3.8, 4) is 0 Å². The molecule has 0 aromatic carbocycles. The second-order valence-corrected chi connectivity index (χ2v) is 3.31. The van der Waals surface area contributed by atoms with Crippen LogP contribution in [0.15, 0.2) is 0 Å². The lowest BCUT2D eigenvalue weighted by molar-refractivity contribution is -0.110. The highest BCUT2D eigenvalue weighted by Gasteiger charge is 2.27. The highest BCUT2D eigenvalue weighted by Crippen LogP contribution is 2.14. The van der Waals surface area contributed by atoms with Crippen molar-refractivity contribution in [2.45, 2.75) is 25.6 Å². The van der Waals surface area contributed by atoms with Gasteiger partial charge in [0.1, 0.15) is 0 Å². The quantitative estimate of drug-likeness (QED) is 0.534. The molecule has 0 saturated carbocycles. The molecule has 0 radical (unpaired) electrons. The van der Waals surface area contributed by atoms with Crippen molar-refractivity contribution in [3.05, 3.63) is 0 Å². The summed E-state index contributed by atoms with van der Waals surface area (Å²) in [6.07, 6.45) is -0.0243. The van der Waals surface area contributed by atoms with E-state index in [0.29, 0.717) is 0 Å². The van der Waals surface area contributed by atoms with E-state index in [9.17, 15) is 0 Å². The van der Waals surface area contributed by atoms with Crippen molar-refractivity contribution < 1.29 is 9.84 Å². The van der Waals surface area contributed by atoms with Crippen molar-refractivity contribution in [2.24, 2.45) is 0 Å². The van der Waals surface area contributed by atoms with E-state index in [1.54, 1.807) is 0 Å². The monoisotopic (exact) mass is 145 g/mol. The van der Waals surface area contributed by atoms with Gasteiger partial charge >= 0.3 is 0 Å². The second-order valence-electron chi connectivity index (χ2n) is 3.31. The molecule has 0 bridgehead atoms. The van der Waals surface area contributed by atoms with E-state index >= 15 is 0 Å². The summed E-state index contributed by atoms with van der Waals surface area (Å²) in [6, 6.07) is 0. The zero-order valence-corrected chi connectivity index (χ0v) is 6.55. The predicted octanol–water partition coefficient (Wildman–Crippen LogP) is -0.254. The molecule has 10 heavy (non-hydrogen) atoms. The van der Waals surface area contributed by atoms with Crippen molar-refractivity contribution in [3.63, 3.8) is 0 Å². The fourth-order valence-electron chi connectivity index (χ4n) is 1.17. The van der Waals surface area contributed by atoms with Crippen molar-refractivity contribution in [1.29, 1.82) is 0 Å². The molecular weight excluding hydrogens is 130 g/mol. The average Bonchev–Trinajstić information content (AvgIpc) is 1.86. The lowest BCUT2D eigenvalue weighted by atomic mass is 10.1. The fraction of sp³-hybridized carbons (Fsp3) is 1.00. The van der Waals surface area contributed by atoms with E-state index in [2.05, 4.69) is 5.32 Å². The molecule has 0 spiro atoms. The highest BCUT2D eigenvalue weighted by atomic mass is 16.5. The summed E-state index contributed by atoms with van der Waals surface area (Å²) in [6.45, 7) is 5.77. The van der Waals surface area contributed by atoms with Crippen LogP contribution in [0, 0.1) is 0 Å². The first-order valence-corrected chi connectivity index (χ1v) is 3.63. The van der Waals surface area contributed by atoms with Crippen LogP contribution in [-0.2, 0) is 4.74 Å². The number of hydrogen-bond donors (Lipinski definition) is 2. The van der Waals surface area contributed by atoms with Crippen LogP contribution in [0.3, 0.4) is 0 Å². The second kappa shape index (κ2) is 2.86. The van der Waals surface area contributed by atoms with Crippen molar-refractivity contribution in [2.75, 3.05) is 19.7 Å². The van der Waals surface area contributed by atoms with Crippen LogP contribution in [-0.4, -0.2) is 36.5 Å². The topological polar surface area (TPSA) is 41.5 Å². The Morgan fingerprint density at radius 2 is 2.40 bits per heavy atom. The molecule has 0 unspecified atom stereocenters. The normalized spacial score (nSPS) is 32.1. The van der Waals surface area contributed by atoms with Gasteiger partial charge in [-0.15, -0.1) is 0 Å². The van der Waals surface area contributed by atoms with Gasteiger partial charge < -0.3 is 15.2 Å². The molecule has 1 aliphatic rings. The summed E-state index contributed by atoms with van der Waals surface area (Å²) in [5.74, 6) is 0. The van der Waals surface area contributed by atoms with Crippen LogP contribution < -0.4 is 5.32 Å². The number of nitrogens with one attached hydrogen (secondary N) is 1. The van der Waals surface area contributed by atoms with Crippen molar-refractivity contribution >= 4 is 0 Å². The Balaban J connectivity index is 2.40. The third-order valence-electron chi connectivity index (χ3n) is 1.61. The van der Waals surface area contributed by atoms with Gasteiger partial charge in [-0.3, -0.25) is 0 Å². The molecule has 1 saturated heterocycles. The zero-order chi connectivity index (χ0) is 7.61. The van der Waals surface area contributed by atoms with Gasteiger partial charge in [0.15, 0.2) is 0 Å². The Morgan fingerprint density at radius 1 is 1.70 bits per heavy atom. The van der Waals surface area contributed by atoms with E-state index in [1.807, 2.05) is 13.8 Å². The van der Waals surface area contributed by atoms with Crippen LogP contribution >= 0.6 is 0 Å². The van der Waals surface area contributed by atoms with E-state index < -0.39 is 0 Å². The Hall–Kier alpha value is -0.120. The van der Waals surface area contributed by atoms with Crippen LogP contribution in [0.2, 0.25) is 0 Å². The number of aliphatic hydroxyl groups excluding tert-OH is 1. The van der Waals surface area contributed by atoms with Gasteiger partial charge in [0, 0.05) is 13.1 Å². The van der Waals surface area contributed by atoms with E-state index in [1.165, 1.54) is 0 Å². The lowest BCUT2D eigenvalue weighted by Crippen LogP contribution is -2.51. The molecule has 0 aromatic rings. The molecule has 3 nitrogen and oxygen atoms in total. The molecule has 1 fully saturated rings. The molecule has 0 aliphatic carbocycles. The molecule has 1 heterocycles. The third kappa shape index (κ3) is 1.94. The number of ether oxygens (including phenoxy) is 1. The molecule has 60 valence electrons. The van der Waals surface area contributed by atoms with Gasteiger partial charge in [0.2, 0.25) is 0 Å². The smallest absolute Gasteiger partial charge is 0.0937 e. The maximum atomic E-state index is 8.76. The summed E-state index contributed by atoms with van der Waals surface area (Å²) in [7, 11) is 0. The minimum atomic E-state index is -0.119. The first kappa shape index (κ1) is 7.98. The van der Waals surface area contributed by atoms with E-state index in [4.69, 9.17) is 9.84 Å². The summed E-state index contributed by atoms with van der Waals surface area (Å²) < 4.78 is 5.51. The molecule has 1 atom stereocenters. The SMILES string of the molecule is CC1(C)CNC[C@@H](CO)O1. The maximum absolute atomic E-state index is 8.76. The summed E-state index contributed by atoms with van der Waals surface area (Å²) in [5, 5.41) is 11.9. The number of rotatable bonds is 1. The molecule has 1 rings (SSSR count). The minimum Gasteiger partial charge on any atom is -0.394 e. The molecule has 2 N–H and O–H groups in total. The highest BCUT2D eigenvalue weighted by molar-refractivity contribution is 4.80. The molecule has 0 amide bonds. The van der Waals surface area contributed by atoms with Crippen LogP contribution in [0.1, 0.15) is 13.8 Å². The third-order valence-corrected chi connectivity index (χ3v) is 1.61. The van der Waals surface area contributed by atoms with Crippen LogP contribution in [0.4, 0.5) is 0 Å². The standard InChI is InChI=1S/C7H15NO2/c1-7(2)5-8-3-6(4-9)10-7/h6,8-9H,3-5H2,1-2H3/t6-/m0/s1. The van der Waals surface area contributed by atoms with E-state index in [-0.39, 0.29) is 18.3 Å². The van der Waals surface area contributed by atoms with Gasteiger partial charge in [-0.25, -0.2) is 0 Å². The Kier molecular flexibility index (Phi) is 2.28. The largest absolute Gasteiger partial charge is 0.394 e. The molecule has 3 heteroatoms. The zero-order valence-electron chi connectivity index (χ0n) is 6.55. The predicted molar refractivity (Wildman–Crippen MR) is 38.9 cm³/mol. The summed E-state index contributed by atoms with van der Waals surface area (Å²) >= 11 is 0.